The number of nitrogens with one attached hydrogen (secondary N) is 2. The van der Waals surface area contributed by atoms with Crippen LogP contribution < -0.4 is 15.4 Å². The van der Waals surface area contributed by atoms with Crippen LogP contribution in [0.25, 0.3) is 0 Å². The van der Waals surface area contributed by atoms with E-state index in [2.05, 4.69) is 15.6 Å². The average Bonchev–Trinajstić information content (AvgIpc) is 2.71. The third-order valence-electron chi connectivity index (χ3n) is 3.50. The van der Waals surface area contributed by atoms with Crippen molar-refractivity contribution in [2.24, 2.45) is 0 Å². The number of amides is 2. The van der Waals surface area contributed by atoms with Crippen molar-refractivity contribution in [1.82, 2.24) is 10.3 Å². The highest BCUT2D eigenvalue weighted by Gasteiger charge is 2.25. The number of carbonyl (C=O) groups excluding carboxylic acids is 4. The van der Waals surface area contributed by atoms with Crippen LogP contribution >= 0.6 is 11.6 Å². The topological polar surface area (TPSA) is 133 Å². The van der Waals surface area contributed by atoms with E-state index in [1.807, 2.05) is 0 Å². The number of carbonyl (C=O) groups is 4. The maximum absolute atomic E-state index is 12.5. The normalized spacial score (nSPS) is 11.2. The van der Waals surface area contributed by atoms with Crippen molar-refractivity contribution in [2.75, 3.05) is 31.5 Å². The summed E-state index contributed by atoms with van der Waals surface area (Å²) in [5.41, 5.74) is 0.176. The summed E-state index contributed by atoms with van der Waals surface area (Å²) in [6.07, 6.45) is -0.0673. The number of alkyl halides is 1. The lowest BCUT2D eigenvalue weighted by Gasteiger charge is -2.17. The van der Waals surface area contributed by atoms with Crippen LogP contribution in [0.1, 0.15) is 37.2 Å². The molecule has 29 heavy (non-hydrogen) atoms. The number of methoxy groups -OCH3 is 1. The molecule has 0 aliphatic heterocycles. The maximum atomic E-state index is 12.5. The van der Waals surface area contributed by atoms with E-state index in [0.29, 0.717) is 0 Å². The van der Waals surface area contributed by atoms with Gasteiger partial charge in [-0.1, -0.05) is 0 Å². The van der Waals surface area contributed by atoms with E-state index in [1.54, 1.807) is 13.8 Å². The van der Waals surface area contributed by atoms with Crippen molar-refractivity contribution >= 4 is 41.0 Å². The number of anilines is 1. The summed E-state index contributed by atoms with van der Waals surface area (Å²) in [6, 6.07) is 1.70. The molecule has 1 aromatic rings. The standard InChI is InChI=1S/C18H24ClN3O7/c1-4-28-15(24)9-8-13(18(26)29-5-2)21-16(25)11-6-7-12(17(22-11)27-3)20-14(23)10-19/h6-7,13H,4-5,8-10H2,1-3H3,(H,20,23)(H,21,25)/t13-/m0/s1. The van der Waals surface area contributed by atoms with Gasteiger partial charge in [0.1, 0.15) is 23.3 Å². The minimum Gasteiger partial charge on any atom is -0.479 e. The molecular weight excluding hydrogens is 406 g/mol. The smallest absolute Gasteiger partial charge is 0.328 e. The summed E-state index contributed by atoms with van der Waals surface area (Å²) in [5, 5.41) is 4.97. The van der Waals surface area contributed by atoms with E-state index in [1.165, 1.54) is 19.2 Å². The van der Waals surface area contributed by atoms with Crippen LogP contribution in [0.4, 0.5) is 5.69 Å². The molecule has 1 aromatic heterocycles. The van der Waals surface area contributed by atoms with Gasteiger partial charge in [0.25, 0.3) is 5.91 Å². The number of ether oxygens (including phenoxy) is 3. The Morgan fingerprint density at radius 3 is 2.41 bits per heavy atom. The number of halogens is 1. The molecule has 0 radical (unpaired) electrons. The predicted molar refractivity (Wildman–Crippen MR) is 104 cm³/mol. The van der Waals surface area contributed by atoms with Gasteiger partial charge in [-0.15, -0.1) is 11.6 Å². The lowest BCUT2D eigenvalue weighted by Crippen LogP contribution is -2.42. The Kier molecular flexibility index (Phi) is 10.5. The molecule has 1 atom stereocenters. The number of hydrogen-bond acceptors (Lipinski definition) is 8. The molecule has 0 saturated carbocycles. The quantitative estimate of drug-likeness (QED) is 0.397. The molecule has 11 heteroatoms. The van der Waals surface area contributed by atoms with E-state index in [-0.39, 0.29) is 49.2 Å². The van der Waals surface area contributed by atoms with E-state index in [9.17, 15) is 19.2 Å². The first-order valence-corrected chi connectivity index (χ1v) is 9.43. The second-order valence-electron chi connectivity index (χ2n) is 5.56. The Balaban J connectivity index is 2.93. The zero-order valence-corrected chi connectivity index (χ0v) is 17.2. The Labute approximate surface area is 173 Å². The van der Waals surface area contributed by atoms with Crippen molar-refractivity contribution in [3.8, 4) is 5.88 Å². The van der Waals surface area contributed by atoms with Crippen LogP contribution in [0.5, 0.6) is 5.88 Å². The third-order valence-corrected chi connectivity index (χ3v) is 3.74. The summed E-state index contributed by atoms with van der Waals surface area (Å²) < 4.78 is 14.8. The molecule has 0 unspecified atom stereocenters. The molecule has 0 bridgehead atoms. The van der Waals surface area contributed by atoms with Gasteiger partial charge in [0.15, 0.2) is 0 Å². The maximum Gasteiger partial charge on any atom is 0.328 e. The number of esters is 2. The third kappa shape index (κ3) is 7.94. The molecule has 2 N–H and O–H groups in total. The van der Waals surface area contributed by atoms with Gasteiger partial charge in [-0.25, -0.2) is 9.78 Å². The van der Waals surface area contributed by atoms with Crippen molar-refractivity contribution in [2.45, 2.75) is 32.7 Å². The van der Waals surface area contributed by atoms with E-state index in [0.717, 1.165) is 0 Å². The minimum absolute atomic E-state index is 0.00433. The molecule has 160 valence electrons. The molecule has 10 nitrogen and oxygen atoms in total. The second-order valence-corrected chi connectivity index (χ2v) is 5.82. The van der Waals surface area contributed by atoms with Gasteiger partial charge in [-0.3, -0.25) is 14.4 Å². The highest BCUT2D eigenvalue weighted by molar-refractivity contribution is 6.29. The molecule has 0 fully saturated rings. The number of aromatic nitrogens is 1. The van der Waals surface area contributed by atoms with E-state index >= 15 is 0 Å². The summed E-state index contributed by atoms with van der Waals surface area (Å²) in [4.78, 5) is 51.7. The molecule has 0 aromatic carbocycles. The number of rotatable bonds is 11. The zero-order valence-electron chi connectivity index (χ0n) is 16.5. The van der Waals surface area contributed by atoms with Gasteiger partial charge in [0, 0.05) is 6.42 Å². The molecule has 0 saturated heterocycles. The predicted octanol–water partition coefficient (Wildman–Crippen LogP) is 1.27. The van der Waals surface area contributed by atoms with Gasteiger partial charge in [-0.05, 0) is 32.4 Å². The van der Waals surface area contributed by atoms with Crippen LogP contribution in [-0.2, 0) is 23.9 Å². The van der Waals surface area contributed by atoms with Gasteiger partial charge >= 0.3 is 11.9 Å². The van der Waals surface area contributed by atoms with E-state index in [4.69, 9.17) is 25.8 Å². The first-order valence-electron chi connectivity index (χ1n) is 8.90. The highest BCUT2D eigenvalue weighted by atomic mass is 35.5. The monoisotopic (exact) mass is 429 g/mol. The first-order chi connectivity index (χ1) is 13.9. The molecule has 1 heterocycles. The molecule has 0 aliphatic rings. The Morgan fingerprint density at radius 2 is 1.83 bits per heavy atom. The van der Waals surface area contributed by atoms with Crippen LogP contribution in [0.2, 0.25) is 0 Å². The molecule has 1 rings (SSSR count). The van der Waals surface area contributed by atoms with Gasteiger partial charge in [-0.2, -0.15) is 0 Å². The number of pyridine rings is 1. The van der Waals surface area contributed by atoms with Gasteiger partial charge in [0.05, 0.1) is 20.3 Å². The van der Waals surface area contributed by atoms with Crippen molar-refractivity contribution in [3.63, 3.8) is 0 Å². The van der Waals surface area contributed by atoms with Crippen LogP contribution in [0, 0.1) is 0 Å². The average molecular weight is 430 g/mol. The summed E-state index contributed by atoms with van der Waals surface area (Å²) in [6.45, 7) is 3.63. The largest absolute Gasteiger partial charge is 0.479 e. The lowest BCUT2D eigenvalue weighted by molar-refractivity contribution is -0.146. The Morgan fingerprint density at radius 1 is 1.14 bits per heavy atom. The summed E-state index contributed by atoms with van der Waals surface area (Å²) in [7, 11) is 1.32. The fraction of sp³-hybridized carbons (Fsp3) is 0.500. The molecule has 2 amide bonds. The van der Waals surface area contributed by atoms with Crippen molar-refractivity contribution in [3.05, 3.63) is 17.8 Å². The minimum atomic E-state index is -1.06. The van der Waals surface area contributed by atoms with Gasteiger partial charge < -0.3 is 24.8 Å². The van der Waals surface area contributed by atoms with Crippen LogP contribution in [-0.4, -0.2) is 61.0 Å². The van der Waals surface area contributed by atoms with Crippen LogP contribution in [0.15, 0.2) is 12.1 Å². The first kappa shape index (κ1) is 24.2. The fourth-order valence-corrected chi connectivity index (χ4v) is 2.29. The Hall–Kier alpha value is -2.88. The summed E-state index contributed by atoms with van der Waals surface area (Å²) in [5.74, 6) is -2.58. The molecular formula is C18H24ClN3O7. The lowest BCUT2D eigenvalue weighted by atomic mass is 10.1. The number of hydrogen-bond donors (Lipinski definition) is 2. The Bertz CT molecular complexity index is 742. The second kappa shape index (κ2) is 12.6. The van der Waals surface area contributed by atoms with Gasteiger partial charge in [0.2, 0.25) is 11.8 Å². The van der Waals surface area contributed by atoms with E-state index < -0.39 is 29.8 Å². The van der Waals surface area contributed by atoms with Crippen LogP contribution in [0.3, 0.4) is 0 Å². The SMILES string of the molecule is CCOC(=O)CC[C@H](NC(=O)c1ccc(NC(=O)CCl)c(OC)n1)C(=O)OCC. The zero-order chi connectivity index (χ0) is 21.8. The van der Waals surface area contributed by atoms with Crippen molar-refractivity contribution in [1.29, 1.82) is 0 Å². The highest BCUT2D eigenvalue weighted by Crippen LogP contribution is 2.22. The molecule has 0 spiro atoms. The number of nitrogens with zero attached hydrogens (tertiary/aromatic N) is 1. The molecule has 0 aliphatic carbocycles. The van der Waals surface area contributed by atoms with Crippen molar-refractivity contribution < 1.29 is 33.4 Å². The fourth-order valence-electron chi connectivity index (χ4n) is 2.22. The summed E-state index contributed by atoms with van der Waals surface area (Å²) >= 11 is 5.45.